The summed E-state index contributed by atoms with van der Waals surface area (Å²) < 4.78 is 9.47. The maximum absolute atomic E-state index is 12.0. The third kappa shape index (κ3) is 4.83. The Bertz CT molecular complexity index is 497. The Morgan fingerprint density at radius 3 is 2.10 bits per heavy atom. The molecule has 1 amide bonds. The average Bonchev–Trinajstić information content (AvgIpc) is 2.45. The van der Waals surface area contributed by atoms with Gasteiger partial charge in [-0.1, -0.05) is 0 Å². The highest BCUT2D eigenvalue weighted by atomic mass is 16.6. The van der Waals surface area contributed by atoms with Gasteiger partial charge in [0.1, 0.15) is 5.69 Å². The lowest BCUT2D eigenvalue weighted by atomic mass is 10.2. The van der Waals surface area contributed by atoms with Crippen LogP contribution < -0.4 is 5.32 Å². The largest absolute Gasteiger partial charge is 0.464 e. The second kappa shape index (κ2) is 7.93. The van der Waals surface area contributed by atoms with Gasteiger partial charge in [0.25, 0.3) is 5.91 Å². The lowest BCUT2D eigenvalue weighted by molar-refractivity contribution is -0.157. The number of nitrogens with zero attached hydrogens (tertiary/aromatic N) is 2. The van der Waals surface area contributed by atoms with Crippen molar-refractivity contribution in [2.75, 3.05) is 13.2 Å². The molecule has 0 saturated heterocycles. The molecule has 0 unspecified atom stereocenters. The molecule has 8 heteroatoms. The van der Waals surface area contributed by atoms with Crippen LogP contribution in [0.1, 0.15) is 30.0 Å². The molecule has 0 saturated carbocycles. The molecule has 0 aliphatic rings. The molecule has 0 atom stereocenters. The highest BCUT2D eigenvalue weighted by molar-refractivity contribution is 6.05. The zero-order valence-electron chi connectivity index (χ0n) is 12.1. The van der Waals surface area contributed by atoms with Gasteiger partial charge in [0.2, 0.25) is 6.04 Å². The molecular formula is C13H17N3O5. The summed E-state index contributed by atoms with van der Waals surface area (Å²) in [6.45, 7) is 5.05. The van der Waals surface area contributed by atoms with Gasteiger partial charge in [-0.25, -0.2) is 14.6 Å². The number of hydrogen-bond acceptors (Lipinski definition) is 7. The molecule has 8 nitrogen and oxygen atoms in total. The maximum atomic E-state index is 12.0. The van der Waals surface area contributed by atoms with E-state index in [9.17, 15) is 14.4 Å². The molecule has 0 aliphatic heterocycles. The van der Waals surface area contributed by atoms with Crippen LogP contribution >= 0.6 is 0 Å². The number of carbonyl (C=O) groups excluding carboxylic acids is 3. The lowest BCUT2D eigenvalue weighted by Gasteiger charge is -2.15. The molecule has 1 aromatic rings. The predicted octanol–water partition coefficient (Wildman–Crippen LogP) is 0.00962. The summed E-state index contributed by atoms with van der Waals surface area (Å²) in [4.78, 5) is 43.1. The fraction of sp³-hybridized carbons (Fsp3) is 0.462. The van der Waals surface area contributed by atoms with Crippen molar-refractivity contribution in [1.82, 2.24) is 15.3 Å². The molecule has 0 aliphatic carbocycles. The number of aromatic nitrogens is 2. The van der Waals surface area contributed by atoms with Gasteiger partial charge in [-0.05, 0) is 20.8 Å². The topological polar surface area (TPSA) is 107 Å². The van der Waals surface area contributed by atoms with Crippen molar-refractivity contribution < 1.29 is 23.9 Å². The van der Waals surface area contributed by atoms with E-state index in [2.05, 4.69) is 15.3 Å². The van der Waals surface area contributed by atoms with Crippen LogP contribution in [0.2, 0.25) is 0 Å². The van der Waals surface area contributed by atoms with Crippen LogP contribution in [0.25, 0.3) is 0 Å². The number of amides is 1. The molecule has 0 aromatic carbocycles. The van der Waals surface area contributed by atoms with Crippen molar-refractivity contribution in [2.45, 2.75) is 26.8 Å². The number of hydrogen-bond donors (Lipinski definition) is 1. The molecule has 0 spiro atoms. The van der Waals surface area contributed by atoms with Gasteiger partial charge in [0.15, 0.2) is 0 Å². The fourth-order valence-electron chi connectivity index (χ4n) is 1.38. The number of esters is 2. The zero-order chi connectivity index (χ0) is 15.8. The van der Waals surface area contributed by atoms with Crippen LogP contribution in [0, 0.1) is 6.92 Å². The summed E-state index contributed by atoms with van der Waals surface area (Å²) in [6, 6.07) is -1.53. The number of ether oxygens (including phenoxy) is 2. The quantitative estimate of drug-likeness (QED) is 0.581. The normalized spacial score (nSPS) is 10.1. The lowest BCUT2D eigenvalue weighted by Crippen LogP contribution is -2.48. The Kier molecular flexibility index (Phi) is 6.25. The Labute approximate surface area is 121 Å². The summed E-state index contributed by atoms with van der Waals surface area (Å²) in [5, 5.41) is 2.23. The summed E-state index contributed by atoms with van der Waals surface area (Å²) in [5.74, 6) is -2.48. The minimum Gasteiger partial charge on any atom is -0.464 e. The number of rotatable bonds is 6. The highest BCUT2D eigenvalue weighted by Gasteiger charge is 2.31. The van der Waals surface area contributed by atoms with Crippen molar-refractivity contribution in [3.05, 3.63) is 23.8 Å². The molecular weight excluding hydrogens is 278 g/mol. The Morgan fingerprint density at radius 1 is 1.10 bits per heavy atom. The molecule has 0 radical (unpaired) electrons. The summed E-state index contributed by atoms with van der Waals surface area (Å²) >= 11 is 0. The van der Waals surface area contributed by atoms with Crippen LogP contribution in [0.15, 0.2) is 12.4 Å². The van der Waals surface area contributed by atoms with Gasteiger partial charge in [0, 0.05) is 6.20 Å². The van der Waals surface area contributed by atoms with Crippen molar-refractivity contribution in [3.8, 4) is 0 Å². The van der Waals surface area contributed by atoms with Crippen LogP contribution in [0.5, 0.6) is 0 Å². The number of nitrogens with one attached hydrogen (secondary N) is 1. The minimum absolute atomic E-state index is 0.0146. The van der Waals surface area contributed by atoms with E-state index in [0.717, 1.165) is 0 Å². The average molecular weight is 295 g/mol. The summed E-state index contributed by atoms with van der Waals surface area (Å²) in [6.07, 6.45) is 2.65. The van der Waals surface area contributed by atoms with Crippen LogP contribution in [-0.4, -0.2) is 47.1 Å². The monoisotopic (exact) mass is 295 g/mol. The van der Waals surface area contributed by atoms with Gasteiger partial charge < -0.3 is 14.8 Å². The van der Waals surface area contributed by atoms with Crippen molar-refractivity contribution in [2.24, 2.45) is 0 Å². The van der Waals surface area contributed by atoms with Gasteiger partial charge in [-0.15, -0.1) is 0 Å². The van der Waals surface area contributed by atoms with Crippen LogP contribution in [0.4, 0.5) is 0 Å². The van der Waals surface area contributed by atoms with Crippen molar-refractivity contribution in [3.63, 3.8) is 0 Å². The molecule has 1 heterocycles. The van der Waals surface area contributed by atoms with Gasteiger partial charge >= 0.3 is 11.9 Å². The summed E-state index contributed by atoms with van der Waals surface area (Å²) in [7, 11) is 0. The number of aryl methyl sites for hydroxylation is 1. The second-order valence-corrected chi connectivity index (χ2v) is 3.95. The number of carbonyl (C=O) groups is 3. The predicted molar refractivity (Wildman–Crippen MR) is 71.3 cm³/mol. The van der Waals surface area contributed by atoms with E-state index in [1.54, 1.807) is 20.8 Å². The fourth-order valence-corrected chi connectivity index (χ4v) is 1.38. The van der Waals surface area contributed by atoms with E-state index in [-0.39, 0.29) is 18.9 Å². The highest BCUT2D eigenvalue weighted by Crippen LogP contribution is 1.99. The maximum Gasteiger partial charge on any atom is 0.340 e. The van der Waals surface area contributed by atoms with Crippen molar-refractivity contribution in [1.29, 1.82) is 0 Å². The third-order valence-corrected chi connectivity index (χ3v) is 2.33. The van der Waals surface area contributed by atoms with Crippen molar-refractivity contribution >= 4 is 17.8 Å². The van der Waals surface area contributed by atoms with Crippen LogP contribution in [0.3, 0.4) is 0 Å². The zero-order valence-corrected chi connectivity index (χ0v) is 12.1. The first kappa shape index (κ1) is 16.5. The Balaban J connectivity index is 2.84. The first-order chi connectivity index (χ1) is 9.99. The minimum atomic E-state index is -1.53. The molecule has 21 heavy (non-hydrogen) atoms. The van der Waals surface area contributed by atoms with E-state index in [1.807, 2.05) is 0 Å². The first-order valence-corrected chi connectivity index (χ1v) is 6.42. The van der Waals surface area contributed by atoms with Gasteiger partial charge in [-0.3, -0.25) is 9.78 Å². The van der Waals surface area contributed by atoms with E-state index >= 15 is 0 Å². The molecule has 0 bridgehead atoms. The van der Waals surface area contributed by atoms with E-state index in [0.29, 0.717) is 5.69 Å². The van der Waals surface area contributed by atoms with Crippen LogP contribution in [-0.2, 0) is 19.1 Å². The van der Waals surface area contributed by atoms with E-state index < -0.39 is 23.9 Å². The molecule has 114 valence electrons. The van der Waals surface area contributed by atoms with Gasteiger partial charge in [-0.2, -0.15) is 0 Å². The van der Waals surface area contributed by atoms with Gasteiger partial charge in [0.05, 0.1) is 25.1 Å². The van der Waals surface area contributed by atoms with E-state index in [1.165, 1.54) is 12.4 Å². The first-order valence-electron chi connectivity index (χ1n) is 6.42. The molecule has 1 rings (SSSR count). The third-order valence-electron chi connectivity index (χ3n) is 2.33. The SMILES string of the molecule is CCOC(=O)C(NC(=O)c1cnc(C)cn1)C(=O)OCC. The molecule has 1 aromatic heterocycles. The summed E-state index contributed by atoms with van der Waals surface area (Å²) in [5.41, 5.74) is 0.623. The Morgan fingerprint density at radius 2 is 1.67 bits per heavy atom. The smallest absolute Gasteiger partial charge is 0.340 e. The molecule has 1 N–H and O–H groups in total. The van der Waals surface area contributed by atoms with E-state index in [4.69, 9.17) is 9.47 Å². The molecule has 0 fully saturated rings. The Hall–Kier alpha value is -2.51. The second-order valence-electron chi connectivity index (χ2n) is 3.95. The standard InChI is InChI=1S/C13H17N3O5/c1-4-20-12(18)10(13(19)21-5-2)16-11(17)9-7-14-8(3)6-15-9/h6-7,10H,4-5H2,1-3H3,(H,16,17).